The van der Waals surface area contributed by atoms with E-state index in [1.165, 1.54) is 24.3 Å². The molecule has 2 rings (SSSR count). The van der Waals surface area contributed by atoms with Gasteiger partial charge in [-0.15, -0.1) is 0 Å². The lowest BCUT2D eigenvalue weighted by Crippen LogP contribution is -2.30. The normalized spacial score (nSPS) is 15.2. The lowest BCUT2D eigenvalue weighted by molar-refractivity contribution is -0.123. The van der Waals surface area contributed by atoms with Gasteiger partial charge >= 0.3 is 0 Å². The molecule has 1 fully saturated rings. The monoisotopic (exact) mass is 270 g/mol. The summed E-state index contributed by atoms with van der Waals surface area (Å²) in [7, 11) is -3.69. The summed E-state index contributed by atoms with van der Waals surface area (Å²) < 4.78 is 27.2. The Hall–Kier alpha value is -1.60. The summed E-state index contributed by atoms with van der Waals surface area (Å²) in [6.07, 6.45) is 2.05. The third kappa shape index (κ3) is 3.71. The first kappa shape index (κ1) is 12.8. The highest BCUT2D eigenvalue weighted by atomic mass is 32.2. The van der Waals surface area contributed by atoms with Crippen LogP contribution in [0.3, 0.4) is 0 Å². The van der Waals surface area contributed by atoms with Crippen LogP contribution in [0.4, 0.5) is 0 Å². The molecule has 0 unspecified atom stereocenters. The van der Waals surface area contributed by atoms with E-state index in [0.29, 0.717) is 11.8 Å². The fourth-order valence-electron chi connectivity index (χ4n) is 1.37. The average molecular weight is 270 g/mol. The van der Waals surface area contributed by atoms with Crippen LogP contribution in [0.2, 0.25) is 0 Å². The summed E-state index contributed by atoms with van der Waals surface area (Å²) in [6, 6.07) is 5.90. The number of rotatable bonds is 5. The van der Waals surface area contributed by atoms with Crippen molar-refractivity contribution in [1.29, 1.82) is 0 Å². The minimum absolute atomic E-state index is 0.0114. The summed E-state index contributed by atoms with van der Waals surface area (Å²) in [4.78, 5) is 11.4. The molecule has 0 spiro atoms. The zero-order valence-electron chi connectivity index (χ0n) is 9.63. The Kier molecular flexibility index (Phi) is 3.53. The summed E-state index contributed by atoms with van der Waals surface area (Å²) in [5.41, 5.74) is 0. The van der Waals surface area contributed by atoms with Crippen LogP contribution >= 0.6 is 0 Å². The molecular weight excluding hydrogens is 256 g/mol. The first-order chi connectivity index (χ1) is 8.45. The molecule has 1 saturated carbocycles. The standard InChI is InChI=1S/C11H14N2O4S/c12-18(15,16)10-5-3-9(4-6-10)17-7-11(14)13-8-1-2-8/h3-6,8H,1-2,7H2,(H,13,14)(H2,12,15,16). The maximum atomic E-state index is 11.3. The van der Waals surface area contributed by atoms with Crippen molar-refractivity contribution < 1.29 is 17.9 Å². The van der Waals surface area contributed by atoms with Crippen LogP contribution in [0, 0.1) is 0 Å². The molecule has 0 saturated heterocycles. The molecule has 98 valence electrons. The molecular formula is C11H14N2O4S. The van der Waals surface area contributed by atoms with Crippen LogP contribution in [-0.4, -0.2) is 27.0 Å². The van der Waals surface area contributed by atoms with Gasteiger partial charge in [0.25, 0.3) is 5.91 Å². The van der Waals surface area contributed by atoms with E-state index >= 15 is 0 Å². The fraction of sp³-hybridized carbons (Fsp3) is 0.364. The predicted molar refractivity (Wildman–Crippen MR) is 64.5 cm³/mol. The topological polar surface area (TPSA) is 98.5 Å². The van der Waals surface area contributed by atoms with Gasteiger partial charge in [-0.1, -0.05) is 0 Å². The number of nitrogens with one attached hydrogen (secondary N) is 1. The van der Waals surface area contributed by atoms with Crippen molar-refractivity contribution in [2.24, 2.45) is 5.14 Å². The molecule has 0 radical (unpaired) electrons. The molecule has 0 atom stereocenters. The quantitative estimate of drug-likeness (QED) is 0.786. The van der Waals surface area contributed by atoms with E-state index in [-0.39, 0.29) is 17.4 Å². The number of ether oxygens (including phenoxy) is 1. The van der Waals surface area contributed by atoms with Crippen molar-refractivity contribution in [1.82, 2.24) is 5.32 Å². The minimum atomic E-state index is -3.69. The second kappa shape index (κ2) is 4.95. The number of sulfonamides is 1. The van der Waals surface area contributed by atoms with Gasteiger partial charge in [0, 0.05) is 6.04 Å². The van der Waals surface area contributed by atoms with E-state index in [1.807, 2.05) is 0 Å². The number of primary sulfonamides is 1. The van der Waals surface area contributed by atoms with Gasteiger partial charge in [0.15, 0.2) is 6.61 Å². The van der Waals surface area contributed by atoms with Gasteiger partial charge in [0.1, 0.15) is 5.75 Å². The first-order valence-corrected chi connectivity index (χ1v) is 7.05. The molecule has 0 aromatic heterocycles. The van der Waals surface area contributed by atoms with Gasteiger partial charge in [-0.05, 0) is 37.1 Å². The summed E-state index contributed by atoms with van der Waals surface area (Å²) in [6.45, 7) is -0.0782. The number of amides is 1. The van der Waals surface area contributed by atoms with Crippen molar-refractivity contribution >= 4 is 15.9 Å². The molecule has 0 aliphatic heterocycles. The molecule has 1 aromatic rings. The third-order valence-corrected chi connectivity index (χ3v) is 3.39. The number of nitrogens with two attached hydrogens (primary N) is 1. The van der Waals surface area contributed by atoms with Crippen molar-refractivity contribution in [3.63, 3.8) is 0 Å². The zero-order chi connectivity index (χ0) is 13.2. The maximum absolute atomic E-state index is 11.3. The molecule has 3 N–H and O–H groups in total. The molecule has 0 heterocycles. The van der Waals surface area contributed by atoms with Gasteiger partial charge in [-0.25, -0.2) is 13.6 Å². The molecule has 0 bridgehead atoms. The van der Waals surface area contributed by atoms with Crippen molar-refractivity contribution in [3.8, 4) is 5.75 Å². The van der Waals surface area contributed by atoms with Crippen LogP contribution in [0.15, 0.2) is 29.2 Å². The number of hydrogen-bond acceptors (Lipinski definition) is 4. The molecule has 1 aliphatic rings. The molecule has 18 heavy (non-hydrogen) atoms. The Balaban J connectivity index is 1.87. The number of benzene rings is 1. The first-order valence-electron chi connectivity index (χ1n) is 5.50. The van der Waals surface area contributed by atoms with E-state index in [1.54, 1.807) is 0 Å². The van der Waals surface area contributed by atoms with Crippen molar-refractivity contribution in [2.75, 3.05) is 6.61 Å². The van der Waals surface area contributed by atoms with Gasteiger partial charge in [0.2, 0.25) is 10.0 Å². The summed E-state index contributed by atoms with van der Waals surface area (Å²) in [5.74, 6) is 0.251. The molecule has 6 nitrogen and oxygen atoms in total. The highest BCUT2D eigenvalue weighted by Gasteiger charge is 2.23. The number of hydrogen-bond donors (Lipinski definition) is 2. The Morgan fingerprint density at radius 3 is 2.44 bits per heavy atom. The maximum Gasteiger partial charge on any atom is 0.258 e. The second-order valence-corrected chi connectivity index (χ2v) is 5.71. The molecule has 1 amide bonds. The van der Waals surface area contributed by atoms with Crippen molar-refractivity contribution in [3.05, 3.63) is 24.3 Å². The van der Waals surface area contributed by atoms with Crippen LogP contribution < -0.4 is 15.2 Å². The second-order valence-electron chi connectivity index (χ2n) is 4.15. The molecule has 1 aromatic carbocycles. The summed E-state index contributed by atoms with van der Waals surface area (Å²) in [5, 5.41) is 7.74. The van der Waals surface area contributed by atoms with E-state index in [4.69, 9.17) is 9.88 Å². The predicted octanol–water partition coefficient (Wildman–Crippen LogP) is -0.00860. The smallest absolute Gasteiger partial charge is 0.258 e. The minimum Gasteiger partial charge on any atom is -0.484 e. The van der Waals surface area contributed by atoms with Gasteiger partial charge in [-0.3, -0.25) is 4.79 Å². The fourth-order valence-corrected chi connectivity index (χ4v) is 1.89. The Morgan fingerprint density at radius 2 is 1.94 bits per heavy atom. The zero-order valence-corrected chi connectivity index (χ0v) is 10.4. The van der Waals surface area contributed by atoms with Gasteiger partial charge in [-0.2, -0.15) is 0 Å². The van der Waals surface area contributed by atoms with Crippen LogP contribution in [0.1, 0.15) is 12.8 Å². The SMILES string of the molecule is NS(=O)(=O)c1ccc(OCC(=O)NC2CC2)cc1. The third-order valence-electron chi connectivity index (χ3n) is 2.46. The lowest BCUT2D eigenvalue weighted by Gasteiger charge is -2.07. The van der Waals surface area contributed by atoms with Crippen LogP contribution in [0.25, 0.3) is 0 Å². The highest BCUT2D eigenvalue weighted by molar-refractivity contribution is 7.89. The number of carbonyl (C=O) groups excluding carboxylic acids is 1. The van der Waals surface area contributed by atoms with Gasteiger partial charge < -0.3 is 10.1 Å². The van der Waals surface area contributed by atoms with Gasteiger partial charge in [0.05, 0.1) is 4.90 Å². The van der Waals surface area contributed by atoms with Crippen LogP contribution in [0.5, 0.6) is 5.75 Å². The average Bonchev–Trinajstić information content (AvgIpc) is 3.10. The summed E-state index contributed by atoms with van der Waals surface area (Å²) >= 11 is 0. The van der Waals surface area contributed by atoms with E-state index in [0.717, 1.165) is 12.8 Å². The van der Waals surface area contributed by atoms with Crippen molar-refractivity contribution in [2.45, 2.75) is 23.8 Å². The van der Waals surface area contributed by atoms with Crippen LogP contribution in [-0.2, 0) is 14.8 Å². The van der Waals surface area contributed by atoms with E-state index < -0.39 is 10.0 Å². The van der Waals surface area contributed by atoms with E-state index in [2.05, 4.69) is 5.32 Å². The Labute approximate surface area is 105 Å². The lowest BCUT2D eigenvalue weighted by atomic mass is 10.3. The highest BCUT2D eigenvalue weighted by Crippen LogP contribution is 2.18. The molecule has 1 aliphatic carbocycles. The Morgan fingerprint density at radius 1 is 1.33 bits per heavy atom. The number of carbonyl (C=O) groups is 1. The molecule has 7 heteroatoms. The largest absolute Gasteiger partial charge is 0.484 e. The van der Waals surface area contributed by atoms with E-state index in [9.17, 15) is 13.2 Å². The Bertz CT molecular complexity index is 535.